The van der Waals surface area contributed by atoms with E-state index in [2.05, 4.69) is 4.84 Å². The number of carboxylic acids is 1. The topological polar surface area (TPSA) is 92.7 Å². The van der Waals surface area contributed by atoms with Crippen LogP contribution in [-0.4, -0.2) is 26.1 Å². The summed E-state index contributed by atoms with van der Waals surface area (Å²) >= 11 is 11.4. The van der Waals surface area contributed by atoms with E-state index >= 15 is 0 Å². The Morgan fingerprint density at radius 2 is 2.00 bits per heavy atom. The van der Waals surface area contributed by atoms with E-state index in [1.165, 1.54) is 0 Å². The van der Waals surface area contributed by atoms with Crippen molar-refractivity contribution >= 4 is 39.2 Å². The van der Waals surface area contributed by atoms with E-state index in [1.807, 2.05) is 0 Å². The minimum atomic E-state index is -4.05. The SMILES string of the molecule is CCONS(=O)(=O)c1cc(C(=O)O)c(Cl)cc1Cl. The molecule has 0 saturated carbocycles. The number of carbonyl (C=O) groups is 1. The Kier molecular flexibility index (Phi) is 4.94. The van der Waals surface area contributed by atoms with Crippen LogP contribution in [0.4, 0.5) is 0 Å². The predicted octanol–water partition coefficient (Wildman–Crippen LogP) is 1.92. The van der Waals surface area contributed by atoms with E-state index in [0.29, 0.717) is 0 Å². The Labute approximate surface area is 113 Å². The lowest BCUT2D eigenvalue weighted by Crippen LogP contribution is -2.24. The van der Waals surface area contributed by atoms with Crippen molar-refractivity contribution in [2.75, 3.05) is 6.61 Å². The molecule has 0 saturated heterocycles. The van der Waals surface area contributed by atoms with Crippen LogP contribution in [0.25, 0.3) is 0 Å². The average Bonchev–Trinajstić information content (AvgIpc) is 2.25. The van der Waals surface area contributed by atoms with Crippen LogP contribution < -0.4 is 4.89 Å². The second-order valence-corrected chi connectivity index (χ2v) is 5.52. The largest absolute Gasteiger partial charge is 0.478 e. The highest BCUT2D eigenvalue weighted by atomic mass is 35.5. The molecule has 0 aliphatic rings. The van der Waals surface area contributed by atoms with Crippen molar-refractivity contribution in [3.63, 3.8) is 0 Å². The average molecular weight is 314 g/mol. The van der Waals surface area contributed by atoms with E-state index in [-0.39, 0.29) is 22.2 Å². The first kappa shape index (κ1) is 15.2. The Balaban J connectivity index is 3.33. The first-order chi connectivity index (χ1) is 8.29. The quantitative estimate of drug-likeness (QED) is 0.810. The molecule has 18 heavy (non-hydrogen) atoms. The van der Waals surface area contributed by atoms with Gasteiger partial charge < -0.3 is 5.11 Å². The van der Waals surface area contributed by atoms with Gasteiger partial charge in [0.25, 0.3) is 10.0 Å². The summed E-state index contributed by atoms with van der Waals surface area (Å²) in [7, 11) is -4.05. The molecule has 0 radical (unpaired) electrons. The zero-order chi connectivity index (χ0) is 13.9. The number of carboxylic acid groups (broad SMARTS) is 1. The molecule has 0 unspecified atom stereocenters. The van der Waals surface area contributed by atoms with Crippen LogP contribution in [0.1, 0.15) is 17.3 Å². The summed E-state index contributed by atoms with van der Waals surface area (Å²) in [6, 6.07) is 1.92. The summed E-state index contributed by atoms with van der Waals surface area (Å²) in [5.41, 5.74) is -0.363. The van der Waals surface area contributed by atoms with Gasteiger partial charge in [0.15, 0.2) is 0 Å². The fraction of sp³-hybridized carbons (Fsp3) is 0.222. The van der Waals surface area contributed by atoms with E-state index in [1.54, 1.807) is 11.8 Å². The molecule has 0 amide bonds. The Hall–Kier alpha value is -0.860. The summed E-state index contributed by atoms with van der Waals surface area (Å²) in [6.07, 6.45) is 0. The normalized spacial score (nSPS) is 11.5. The van der Waals surface area contributed by atoms with Crippen molar-refractivity contribution in [2.24, 2.45) is 0 Å². The third-order valence-electron chi connectivity index (χ3n) is 1.85. The number of sulfonamides is 1. The minimum absolute atomic E-state index is 0.107. The van der Waals surface area contributed by atoms with Gasteiger partial charge in [-0.15, -0.1) is 0 Å². The van der Waals surface area contributed by atoms with Crippen LogP contribution in [0.5, 0.6) is 0 Å². The highest BCUT2D eigenvalue weighted by molar-refractivity contribution is 7.89. The molecule has 0 bridgehead atoms. The summed E-state index contributed by atoms with van der Waals surface area (Å²) in [6.45, 7) is 1.69. The summed E-state index contributed by atoms with van der Waals surface area (Å²) in [4.78, 5) is 16.8. The molecule has 0 atom stereocenters. The first-order valence-electron chi connectivity index (χ1n) is 4.65. The van der Waals surface area contributed by atoms with Gasteiger partial charge in [0.2, 0.25) is 0 Å². The van der Waals surface area contributed by atoms with Crippen LogP contribution in [0.15, 0.2) is 17.0 Å². The number of aromatic carboxylic acids is 1. The first-order valence-corrected chi connectivity index (χ1v) is 6.89. The lowest BCUT2D eigenvalue weighted by atomic mass is 10.2. The second kappa shape index (κ2) is 5.85. The molecule has 2 N–H and O–H groups in total. The Morgan fingerprint density at radius 3 is 2.50 bits per heavy atom. The zero-order valence-electron chi connectivity index (χ0n) is 9.11. The second-order valence-electron chi connectivity index (χ2n) is 3.09. The highest BCUT2D eigenvalue weighted by Crippen LogP contribution is 2.28. The Morgan fingerprint density at radius 1 is 1.39 bits per heavy atom. The number of benzene rings is 1. The maximum atomic E-state index is 11.7. The number of hydrogen-bond acceptors (Lipinski definition) is 4. The fourth-order valence-corrected chi connectivity index (χ4v) is 2.80. The van der Waals surface area contributed by atoms with Gasteiger partial charge in [0, 0.05) is 0 Å². The number of rotatable bonds is 5. The third kappa shape index (κ3) is 3.33. The molecule has 6 nitrogen and oxygen atoms in total. The van der Waals surface area contributed by atoms with Gasteiger partial charge in [-0.25, -0.2) is 13.2 Å². The maximum Gasteiger partial charge on any atom is 0.337 e. The molecule has 0 spiro atoms. The maximum absolute atomic E-state index is 11.7. The zero-order valence-corrected chi connectivity index (χ0v) is 11.4. The summed E-state index contributed by atoms with van der Waals surface area (Å²) in [5, 5.41) is 8.50. The van der Waals surface area contributed by atoms with Crippen LogP contribution in [0.2, 0.25) is 10.0 Å². The number of halogens is 2. The molecule has 100 valence electrons. The molecule has 1 aromatic carbocycles. The van der Waals surface area contributed by atoms with Crippen LogP contribution in [0, 0.1) is 0 Å². The smallest absolute Gasteiger partial charge is 0.337 e. The highest BCUT2D eigenvalue weighted by Gasteiger charge is 2.22. The van der Waals surface area contributed by atoms with Crippen LogP contribution in [0.3, 0.4) is 0 Å². The van der Waals surface area contributed by atoms with Gasteiger partial charge in [-0.1, -0.05) is 28.1 Å². The van der Waals surface area contributed by atoms with E-state index in [9.17, 15) is 13.2 Å². The van der Waals surface area contributed by atoms with Crippen molar-refractivity contribution in [1.29, 1.82) is 0 Å². The molecule has 1 rings (SSSR count). The van der Waals surface area contributed by atoms with Crippen LogP contribution in [-0.2, 0) is 14.9 Å². The number of nitrogens with one attached hydrogen (secondary N) is 1. The van der Waals surface area contributed by atoms with Crippen molar-refractivity contribution in [2.45, 2.75) is 11.8 Å². The molecule has 1 aromatic rings. The monoisotopic (exact) mass is 313 g/mol. The molecule has 0 aromatic heterocycles. The van der Waals surface area contributed by atoms with Crippen molar-refractivity contribution in [1.82, 2.24) is 4.89 Å². The minimum Gasteiger partial charge on any atom is -0.478 e. The molecular formula is C9H9Cl2NO5S. The molecule has 0 aliphatic heterocycles. The summed E-state index contributed by atoms with van der Waals surface area (Å²) < 4.78 is 23.5. The Bertz CT molecular complexity index is 573. The lowest BCUT2D eigenvalue weighted by molar-refractivity contribution is 0.0696. The predicted molar refractivity (Wildman–Crippen MR) is 65.4 cm³/mol. The van der Waals surface area contributed by atoms with Gasteiger partial charge in [-0.05, 0) is 19.1 Å². The molecule has 0 fully saturated rings. The fourth-order valence-electron chi connectivity index (χ4n) is 1.08. The van der Waals surface area contributed by atoms with E-state index < -0.39 is 20.9 Å². The van der Waals surface area contributed by atoms with Crippen molar-refractivity contribution in [3.05, 3.63) is 27.7 Å². The molecule has 9 heteroatoms. The molecule has 0 heterocycles. The molecule has 0 aliphatic carbocycles. The van der Waals surface area contributed by atoms with E-state index in [0.717, 1.165) is 12.1 Å². The van der Waals surface area contributed by atoms with Crippen LogP contribution >= 0.6 is 23.2 Å². The van der Waals surface area contributed by atoms with Gasteiger partial charge in [-0.2, -0.15) is 0 Å². The van der Waals surface area contributed by atoms with Gasteiger partial charge in [0.1, 0.15) is 4.90 Å². The van der Waals surface area contributed by atoms with Gasteiger partial charge in [-0.3, -0.25) is 4.84 Å². The van der Waals surface area contributed by atoms with Gasteiger partial charge in [0.05, 0.1) is 22.2 Å². The molecular weight excluding hydrogens is 305 g/mol. The lowest BCUT2D eigenvalue weighted by Gasteiger charge is -2.09. The summed E-state index contributed by atoms with van der Waals surface area (Å²) in [5.74, 6) is -1.36. The van der Waals surface area contributed by atoms with E-state index in [4.69, 9.17) is 28.3 Å². The van der Waals surface area contributed by atoms with Crippen molar-refractivity contribution < 1.29 is 23.2 Å². The number of hydrogen-bond donors (Lipinski definition) is 2. The van der Waals surface area contributed by atoms with Gasteiger partial charge >= 0.3 is 5.97 Å². The van der Waals surface area contributed by atoms with Crippen molar-refractivity contribution in [3.8, 4) is 0 Å². The standard InChI is InChI=1S/C9H9Cl2NO5S/c1-2-17-12-18(15,16)8-3-5(9(13)14)6(10)4-7(8)11/h3-4,12H,2H2,1H3,(H,13,14). The third-order valence-corrected chi connectivity index (χ3v) is 3.85.